The van der Waals surface area contributed by atoms with Crippen molar-refractivity contribution in [1.82, 2.24) is 20.2 Å². The molecule has 1 aliphatic rings. The first-order chi connectivity index (χ1) is 12.3. The predicted octanol–water partition coefficient (Wildman–Crippen LogP) is 3.79. The van der Waals surface area contributed by atoms with E-state index < -0.39 is 6.55 Å². The van der Waals surface area contributed by atoms with E-state index in [4.69, 9.17) is 4.74 Å². The first kappa shape index (κ1) is 24.1. The molecule has 2 heterocycles. The van der Waals surface area contributed by atoms with Crippen molar-refractivity contribution in [1.29, 1.82) is 0 Å². The van der Waals surface area contributed by atoms with Crippen molar-refractivity contribution in [3.05, 3.63) is 18.2 Å². The summed E-state index contributed by atoms with van der Waals surface area (Å²) < 4.78 is 32.7. The molecule has 1 aromatic rings. The highest BCUT2D eigenvalue weighted by Crippen LogP contribution is 2.33. The topological polar surface area (TPSA) is 63.5 Å². The summed E-state index contributed by atoms with van der Waals surface area (Å²) in [6.07, 6.45) is 4.97. The second-order valence-electron chi connectivity index (χ2n) is 7.66. The van der Waals surface area contributed by atoms with Crippen molar-refractivity contribution in [2.75, 3.05) is 19.7 Å². The minimum atomic E-state index is -2.61. The van der Waals surface area contributed by atoms with Gasteiger partial charge in [-0.05, 0) is 25.2 Å². The van der Waals surface area contributed by atoms with Crippen LogP contribution in [-0.2, 0) is 11.3 Å². The van der Waals surface area contributed by atoms with Gasteiger partial charge in [-0.3, -0.25) is 4.57 Å². The molecule has 1 aromatic heterocycles. The van der Waals surface area contributed by atoms with E-state index in [-0.39, 0.29) is 47.9 Å². The van der Waals surface area contributed by atoms with Crippen molar-refractivity contribution in [2.45, 2.75) is 59.7 Å². The Kier molecular flexibility index (Phi) is 9.92. The summed E-state index contributed by atoms with van der Waals surface area (Å²) in [6.45, 7) is 8.28. The normalized spacial score (nSPS) is 21.1. The van der Waals surface area contributed by atoms with Crippen LogP contribution in [-0.4, -0.2) is 41.3 Å². The Balaban J connectivity index is 0.00000364. The number of hydrogen-bond acceptors (Lipinski definition) is 3. The maximum absolute atomic E-state index is 12.9. The molecule has 0 radical (unpaired) electrons. The fourth-order valence-electron chi connectivity index (χ4n) is 3.37. The molecule has 2 rings (SSSR count). The van der Waals surface area contributed by atoms with Crippen LogP contribution < -0.4 is 10.6 Å². The summed E-state index contributed by atoms with van der Waals surface area (Å²) in [5.74, 6) is 1.23. The number of aromatic nitrogens is 2. The summed E-state index contributed by atoms with van der Waals surface area (Å²) in [6, 6.07) is 0. The fourth-order valence-corrected chi connectivity index (χ4v) is 3.37. The summed E-state index contributed by atoms with van der Waals surface area (Å²) >= 11 is 0. The Morgan fingerprint density at radius 3 is 2.78 bits per heavy atom. The number of rotatable bonds is 6. The Hall–Kier alpha value is -0.970. The van der Waals surface area contributed by atoms with Gasteiger partial charge >= 0.3 is 6.55 Å². The van der Waals surface area contributed by atoms with E-state index in [0.29, 0.717) is 18.4 Å². The molecule has 0 saturated carbocycles. The molecule has 9 heteroatoms. The standard InChI is InChI=1S/C18H31F2N5O.HI/c1-5-21-17(24-12-14-22-8-9-25(14)16(19)20)23-11-13-7-6-10-26-15(13)18(2,3)4;/h8-9,13,15-16H,5-7,10-12H2,1-4H3,(H2,21,23,24);1H. The number of aliphatic imine (C=N–C) groups is 1. The van der Waals surface area contributed by atoms with Crippen LogP contribution in [0.2, 0.25) is 0 Å². The maximum atomic E-state index is 12.9. The first-order valence-corrected chi connectivity index (χ1v) is 9.26. The summed E-state index contributed by atoms with van der Waals surface area (Å²) in [7, 11) is 0. The molecule has 2 atom stereocenters. The zero-order valence-electron chi connectivity index (χ0n) is 16.5. The predicted molar refractivity (Wildman–Crippen MR) is 114 cm³/mol. The van der Waals surface area contributed by atoms with Crippen molar-refractivity contribution >= 4 is 29.9 Å². The highest BCUT2D eigenvalue weighted by atomic mass is 127. The SMILES string of the molecule is CCNC(=NCc1nccn1C(F)F)NCC1CCCOC1C(C)(C)C.I. The first-order valence-electron chi connectivity index (χ1n) is 9.26. The average Bonchev–Trinajstić information content (AvgIpc) is 3.05. The highest BCUT2D eigenvalue weighted by Gasteiger charge is 2.35. The minimum Gasteiger partial charge on any atom is -0.377 e. The van der Waals surface area contributed by atoms with Gasteiger partial charge < -0.3 is 15.4 Å². The van der Waals surface area contributed by atoms with Crippen LogP contribution in [0.25, 0.3) is 0 Å². The summed E-state index contributed by atoms with van der Waals surface area (Å²) in [4.78, 5) is 8.37. The Bertz CT molecular complexity index is 589. The van der Waals surface area contributed by atoms with Gasteiger partial charge in [-0.25, -0.2) is 9.98 Å². The molecule has 27 heavy (non-hydrogen) atoms. The second-order valence-corrected chi connectivity index (χ2v) is 7.66. The van der Waals surface area contributed by atoms with Gasteiger partial charge in [-0.1, -0.05) is 20.8 Å². The van der Waals surface area contributed by atoms with Crippen LogP contribution in [0.3, 0.4) is 0 Å². The lowest BCUT2D eigenvalue weighted by Crippen LogP contribution is -2.47. The molecule has 0 aliphatic carbocycles. The van der Waals surface area contributed by atoms with Crippen LogP contribution in [0.4, 0.5) is 8.78 Å². The molecule has 2 N–H and O–H groups in total. The monoisotopic (exact) mass is 499 g/mol. The van der Waals surface area contributed by atoms with E-state index in [1.165, 1.54) is 12.4 Å². The van der Waals surface area contributed by atoms with Crippen LogP contribution in [0, 0.1) is 11.3 Å². The summed E-state index contributed by atoms with van der Waals surface area (Å²) in [5, 5.41) is 6.50. The third-order valence-corrected chi connectivity index (χ3v) is 4.51. The van der Waals surface area contributed by atoms with Crippen molar-refractivity contribution < 1.29 is 13.5 Å². The molecule has 1 saturated heterocycles. The third-order valence-electron chi connectivity index (χ3n) is 4.51. The lowest BCUT2D eigenvalue weighted by atomic mass is 9.78. The molecular weight excluding hydrogens is 467 g/mol. The molecule has 0 bridgehead atoms. The lowest BCUT2D eigenvalue weighted by Gasteiger charge is -2.40. The maximum Gasteiger partial charge on any atom is 0.319 e. The van der Waals surface area contributed by atoms with E-state index in [1.54, 1.807) is 0 Å². The number of hydrogen-bond donors (Lipinski definition) is 2. The van der Waals surface area contributed by atoms with Gasteiger partial charge in [0.05, 0.1) is 6.10 Å². The smallest absolute Gasteiger partial charge is 0.319 e. The lowest BCUT2D eigenvalue weighted by molar-refractivity contribution is -0.0835. The second kappa shape index (κ2) is 11.1. The molecule has 0 spiro atoms. The van der Waals surface area contributed by atoms with Gasteiger partial charge in [-0.15, -0.1) is 24.0 Å². The van der Waals surface area contributed by atoms with Crippen LogP contribution in [0.5, 0.6) is 0 Å². The van der Waals surface area contributed by atoms with Crippen LogP contribution >= 0.6 is 24.0 Å². The van der Waals surface area contributed by atoms with Crippen LogP contribution in [0.1, 0.15) is 52.9 Å². The quantitative estimate of drug-likeness (QED) is 0.355. The molecule has 1 aliphatic heterocycles. The van der Waals surface area contributed by atoms with Gasteiger partial charge in [0.15, 0.2) is 5.96 Å². The molecule has 156 valence electrons. The van der Waals surface area contributed by atoms with Gasteiger partial charge in [0.2, 0.25) is 0 Å². The molecular formula is C18H32F2IN5O. The van der Waals surface area contributed by atoms with Crippen molar-refractivity contribution in [2.24, 2.45) is 16.3 Å². The van der Waals surface area contributed by atoms with Gasteiger partial charge in [0.25, 0.3) is 0 Å². The number of alkyl halides is 2. The van der Waals surface area contributed by atoms with E-state index >= 15 is 0 Å². The molecule has 0 amide bonds. The number of halogens is 3. The number of imidazole rings is 1. The Morgan fingerprint density at radius 1 is 1.41 bits per heavy atom. The average molecular weight is 499 g/mol. The molecule has 2 unspecified atom stereocenters. The Labute approximate surface area is 177 Å². The van der Waals surface area contributed by atoms with E-state index in [0.717, 1.165) is 30.6 Å². The van der Waals surface area contributed by atoms with E-state index in [9.17, 15) is 8.78 Å². The zero-order valence-corrected chi connectivity index (χ0v) is 18.9. The number of ether oxygens (including phenoxy) is 1. The van der Waals surface area contributed by atoms with Crippen molar-refractivity contribution in [3.8, 4) is 0 Å². The Morgan fingerprint density at radius 2 is 2.15 bits per heavy atom. The zero-order chi connectivity index (χ0) is 19.2. The number of nitrogens with zero attached hydrogens (tertiary/aromatic N) is 3. The van der Waals surface area contributed by atoms with Crippen molar-refractivity contribution in [3.63, 3.8) is 0 Å². The summed E-state index contributed by atoms with van der Waals surface area (Å²) in [5.41, 5.74) is 0.0737. The van der Waals surface area contributed by atoms with Gasteiger partial charge in [0, 0.05) is 38.0 Å². The van der Waals surface area contributed by atoms with E-state index in [2.05, 4.69) is 41.4 Å². The minimum absolute atomic E-state index is 0. The highest BCUT2D eigenvalue weighted by molar-refractivity contribution is 14.0. The van der Waals surface area contributed by atoms with Gasteiger partial charge in [-0.2, -0.15) is 8.78 Å². The largest absolute Gasteiger partial charge is 0.377 e. The van der Waals surface area contributed by atoms with Crippen LogP contribution in [0.15, 0.2) is 17.4 Å². The number of guanidine groups is 1. The molecule has 1 fully saturated rings. The van der Waals surface area contributed by atoms with E-state index in [1.807, 2.05) is 6.92 Å². The number of nitrogens with one attached hydrogen (secondary N) is 2. The fraction of sp³-hybridized carbons (Fsp3) is 0.778. The molecule has 0 aromatic carbocycles. The third kappa shape index (κ3) is 7.17. The van der Waals surface area contributed by atoms with Gasteiger partial charge in [0.1, 0.15) is 12.4 Å². The molecule has 6 nitrogen and oxygen atoms in total.